The molecule has 2 aromatic carbocycles. The molecule has 2 amide bonds. The molecule has 7 nitrogen and oxygen atoms in total. The maximum absolute atomic E-state index is 13.7. The van der Waals surface area contributed by atoms with E-state index in [4.69, 9.17) is 20.2 Å². The largest absolute Gasteiger partial charge is 0.490 e. The highest BCUT2D eigenvalue weighted by Crippen LogP contribution is 2.41. The Morgan fingerprint density at radius 1 is 1.19 bits per heavy atom. The molecule has 9 heteroatoms. The predicted molar refractivity (Wildman–Crippen MR) is 152 cm³/mol. The van der Waals surface area contributed by atoms with Crippen LogP contribution in [-0.4, -0.2) is 41.1 Å². The lowest BCUT2D eigenvalue weighted by atomic mass is 9.94. The van der Waals surface area contributed by atoms with E-state index in [1.165, 1.54) is 18.2 Å². The van der Waals surface area contributed by atoms with Crippen molar-refractivity contribution in [3.63, 3.8) is 0 Å². The van der Waals surface area contributed by atoms with Crippen molar-refractivity contribution in [2.45, 2.75) is 58.4 Å². The fourth-order valence-corrected chi connectivity index (χ4v) is 6.24. The van der Waals surface area contributed by atoms with Crippen LogP contribution in [0, 0.1) is 0 Å². The highest BCUT2D eigenvalue weighted by atomic mass is 79.9. The van der Waals surface area contributed by atoms with Crippen LogP contribution in [0.2, 0.25) is 0 Å². The summed E-state index contributed by atoms with van der Waals surface area (Å²) in [5.41, 5.74) is 8.07. The number of carbonyl (C=O) groups excluding carboxylic acids is 2. The number of thioether (sulfide) groups is 1. The number of aryl methyl sites for hydroxylation is 1. The maximum Gasteiger partial charge on any atom is 0.267 e. The van der Waals surface area contributed by atoms with Crippen LogP contribution in [0.1, 0.15) is 57.1 Å². The molecule has 2 fully saturated rings. The number of primary amides is 1. The lowest BCUT2D eigenvalue weighted by molar-refractivity contribution is -0.124. The Labute approximate surface area is 230 Å². The van der Waals surface area contributed by atoms with Gasteiger partial charge in [0.05, 0.1) is 21.7 Å². The van der Waals surface area contributed by atoms with Crippen molar-refractivity contribution in [3.05, 3.63) is 56.9 Å². The van der Waals surface area contributed by atoms with Gasteiger partial charge in [-0.1, -0.05) is 44.4 Å². The topological polar surface area (TPSA) is 94.2 Å². The summed E-state index contributed by atoms with van der Waals surface area (Å²) in [7, 11) is 0. The molecule has 0 atom stereocenters. The van der Waals surface area contributed by atoms with Gasteiger partial charge in [-0.25, -0.2) is 4.99 Å². The summed E-state index contributed by atoms with van der Waals surface area (Å²) in [5, 5.41) is 0.731. The molecule has 0 spiro atoms. The van der Waals surface area contributed by atoms with Crippen molar-refractivity contribution in [2.75, 3.05) is 13.2 Å². The zero-order valence-electron chi connectivity index (χ0n) is 21.2. The van der Waals surface area contributed by atoms with Crippen molar-refractivity contribution >= 4 is 56.4 Å². The molecule has 196 valence electrons. The second kappa shape index (κ2) is 12.6. The van der Waals surface area contributed by atoms with Gasteiger partial charge in [0.25, 0.3) is 11.8 Å². The highest BCUT2D eigenvalue weighted by molar-refractivity contribution is 9.10. The van der Waals surface area contributed by atoms with E-state index in [9.17, 15) is 9.59 Å². The molecule has 1 saturated heterocycles. The van der Waals surface area contributed by atoms with E-state index in [0.717, 1.165) is 54.1 Å². The number of hydrogen-bond acceptors (Lipinski definition) is 6. The number of amides is 2. The van der Waals surface area contributed by atoms with Gasteiger partial charge in [-0.2, -0.15) is 0 Å². The minimum Gasteiger partial charge on any atom is -0.490 e. The molecule has 0 unspecified atom stereocenters. The molecule has 1 heterocycles. The third-order valence-corrected chi connectivity index (χ3v) is 7.93. The summed E-state index contributed by atoms with van der Waals surface area (Å²) in [5.74, 6) is 0.270. The van der Waals surface area contributed by atoms with Gasteiger partial charge in [0.1, 0.15) is 0 Å². The van der Waals surface area contributed by atoms with Crippen LogP contribution in [0.5, 0.6) is 11.5 Å². The molecule has 0 radical (unpaired) electrons. The third kappa shape index (κ3) is 6.57. The average Bonchev–Trinajstić information content (AvgIpc) is 3.18. The van der Waals surface area contributed by atoms with Crippen LogP contribution >= 0.6 is 27.7 Å². The molecular weight excluding hydrogens is 554 g/mol. The number of amidine groups is 1. The Bertz CT molecular complexity index is 1220. The molecule has 2 aliphatic rings. The first-order chi connectivity index (χ1) is 17.9. The molecule has 37 heavy (non-hydrogen) atoms. The molecular formula is C28H32BrN3O4S. The number of nitrogens with zero attached hydrogens (tertiary/aromatic N) is 2. The minimum absolute atomic E-state index is 0.0206. The van der Waals surface area contributed by atoms with Crippen LogP contribution in [0.25, 0.3) is 6.08 Å². The zero-order valence-corrected chi connectivity index (χ0v) is 23.6. The van der Waals surface area contributed by atoms with Gasteiger partial charge in [0, 0.05) is 6.04 Å². The summed E-state index contributed by atoms with van der Waals surface area (Å²) in [6, 6.07) is 11.9. The summed E-state index contributed by atoms with van der Waals surface area (Å²) >= 11 is 4.93. The SMILES string of the molecule is CCOc1cc(/C=C2/SC(=Nc3ccccc3CC)N(C3CCCCC3)C2=O)cc(Br)c1OCC(N)=O. The van der Waals surface area contributed by atoms with Crippen LogP contribution < -0.4 is 15.2 Å². The van der Waals surface area contributed by atoms with Crippen molar-refractivity contribution < 1.29 is 19.1 Å². The Morgan fingerprint density at radius 3 is 2.65 bits per heavy atom. The second-order valence-electron chi connectivity index (χ2n) is 8.97. The lowest BCUT2D eigenvalue weighted by Gasteiger charge is -2.30. The quantitative estimate of drug-likeness (QED) is 0.353. The molecule has 1 aliphatic carbocycles. The summed E-state index contributed by atoms with van der Waals surface area (Å²) in [6.45, 7) is 4.13. The number of nitrogens with two attached hydrogens (primary N) is 1. The molecule has 1 saturated carbocycles. The van der Waals surface area contributed by atoms with Crippen molar-refractivity contribution in [1.82, 2.24) is 4.90 Å². The first-order valence-electron chi connectivity index (χ1n) is 12.7. The fraction of sp³-hybridized carbons (Fsp3) is 0.393. The normalized spacial score (nSPS) is 18.6. The maximum atomic E-state index is 13.7. The third-order valence-electron chi connectivity index (χ3n) is 6.35. The number of hydrogen-bond donors (Lipinski definition) is 1. The molecule has 2 aromatic rings. The first-order valence-corrected chi connectivity index (χ1v) is 14.3. The van der Waals surface area contributed by atoms with Gasteiger partial charge in [0.15, 0.2) is 23.3 Å². The van der Waals surface area contributed by atoms with E-state index < -0.39 is 5.91 Å². The van der Waals surface area contributed by atoms with E-state index in [1.807, 2.05) is 42.2 Å². The van der Waals surface area contributed by atoms with Crippen LogP contribution in [-0.2, 0) is 16.0 Å². The summed E-state index contributed by atoms with van der Waals surface area (Å²) < 4.78 is 11.9. The van der Waals surface area contributed by atoms with Crippen LogP contribution in [0.3, 0.4) is 0 Å². The van der Waals surface area contributed by atoms with E-state index >= 15 is 0 Å². The lowest BCUT2D eigenvalue weighted by Crippen LogP contribution is -2.40. The molecule has 2 N–H and O–H groups in total. The van der Waals surface area contributed by atoms with E-state index in [-0.39, 0.29) is 18.6 Å². The number of rotatable bonds is 9. The number of benzene rings is 2. The van der Waals surface area contributed by atoms with E-state index in [1.54, 1.807) is 6.07 Å². The Balaban J connectivity index is 1.71. The van der Waals surface area contributed by atoms with Gasteiger partial charge in [0.2, 0.25) is 0 Å². The minimum atomic E-state index is -0.576. The molecule has 0 bridgehead atoms. The van der Waals surface area contributed by atoms with Gasteiger partial charge < -0.3 is 15.2 Å². The van der Waals surface area contributed by atoms with Crippen molar-refractivity contribution in [3.8, 4) is 11.5 Å². The second-order valence-corrected chi connectivity index (χ2v) is 10.8. The summed E-state index contributed by atoms with van der Waals surface area (Å²) in [6.07, 6.45) is 8.15. The molecule has 4 rings (SSSR count). The number of ether oxygens (including phenoxy) is 2. The smallest absolute Gasteiger partial charge is 0.267 e. The first kappa shape index (κ1) is 27.3. The fourth-order valence-electron chi connectivity index (χ4n) is 4.62. The molecule has 1 aliphatic heterocycles. The van der Waals surface area contributed by atoms with Crippen LogP contribution in [0.4, 0.5) is 5.69 Å². The highest BCUT2D eigenvalue weighted by Gasteiger charge is 2.38. The molecule has 0 aromatic heterocycles. The van der Waals surface area contributed by atoms with Gasteiger partial charge in [-0.3, -0.25) is 14.5 Å². The van der Waals surface area contributed by atoms with Gasteiger partial charge >= 0.3 is 0 Å². The number of carbonyl (C=O) groups is 2. The average molecular weight is 587 g/mol. The van der Waals surface area contributed by atoms with Gasteiger partial charge in [-0.05, 0) is 89.3 Å². The predicted octanol–water partition coefficient (Wildman–Crippen LogP) is 6.21. The Hall–Kier alpha value is -2.78. The Kier molecular flexibility index (Phi) is 9.32. The number of para-hydroxylation sites is 1. The standard InChI is InChI=1S/C28H32BrN3O4S/c1-3-19-10-8-9-13-22(19)31-28-32(20-11-6-5-7-12-20)27(34)24(37-28)16-18-14-21(29)26(36-17-25(30)33)23(15-18)35-4-2/h8-10,13-16,20H,3-7,11-12,17H2,1-2H3,(H2,30,33)/b24-16+,31-28?. The number of halogens is 1. The monoisotopic (exact) mass is 585 g/mol. The van der Waals surface area contributed by atoms with Crippen molar-refractivity contribution in [1.29, 1.82) is 0 Å². The zero-order chi connectivity index (χ0) is 26.4. The number of aliphatic imine (C=N–C) groups is 1. The van der Waals surface area contributed by atoms with Crippen molar-refractivity contribution in [2.24, 2.45) is 10.7 Å². The van der Waals surface area contributed by atoms with E-state index in [2.05, 4.69) is 28.9 Å². The summed E-state index contributed by atoms with van der Waals surface area (Å²) in [4.78, 5) is 32.5. The Morgan fingerprint density at radius 2 is 1.95 bits per heavy atom. The van der Waals surface area contributed by atoms with Gasteiger partial charge in [-0.15, -0.1) is 0 Å². The van der Waals surface area contributed by atoms with E-state index in [0.29, 0.717) is 27.5 Å². The van der Waals surface area contributed by atoms with Crippen LogP contribution in [0.15, 0.2) is 50.8 Å².